The van der Waals surface area contributed by atoms with Gasteiger partial charge >= 0.3 is 6.03 Å². The van der Waals surface area contributed by atoms with Crippen molar-refractivity contribution in [2.45, 2.75) is 39.9 Å². The summed E-state index contributed by atoms with van der Waals surface area (Å²) in [6.07, 6.45) is 2.06. The van der Waals surface area contributed by atoms with Crippen molar-refractivity contribution in [1.29, 1.82) is 0 Å². The van der Waals surface area contributed by atoms with E-state index in [9.17, 15) is 4.79 Å². The van der Waals surface area contributed by atoms with Crippen LogP contribution in [0.1, 0.15) is 32.0 Å². The topological polar surface area (TPSA) is 46.5 Å². The molecule has 3 rings (SSSR count). The summed E-state index contributed by atoms with van der Waals surface area (Å²) in [5, 5.41) is 3.01. The van der Waals surface area contributed by atoms with Crippen molar-refractivity contribution < 1.29 is 9.53 Å². The summed E-state index contributed by atoms with van der Waals surface area (Å²) >= 11 is 0. The van der Waals surface area contributed by atoms with Gasteiger partial charge in [0.15, 0.2) is 0 Å². The summed E-state index contributed by atoms with van der Waals surface area (Å²) in [5.74, 6) is 0.680. The van der Waals surface area contributed by atoms with E-state index in [0.717, 1.165) is 12.2 Å². The van der Waals surface area contributed by atoms with Gasteiger partial charge in [-0.2, -0.15) is 0 Å². The van der Waals surface area contributed by atoms with Crippen LogP contribution >= 0.6 is 0 Å². The molecular formula is C24H29N3O2. The number of hydrogen-bond donors (Lipinski definition) is 1. The molecule has 0 fully saturated rings. The van der Waals surface area contributed by atoms with Crippen LogP contribution in [-0.4, -0.2) is 28.1 Å². The second-order valence-electron chi connectivity index (χ2n) is 7.19. The van der Waals surface area contributed by atoms with Crippen LogP contribution in [0.4, 0.5) is 10.5 Å². The number of urea groups is 1. The van der Waals surface area contributed by atoms with Gasteiger partial charge in [-0.15, -0.1) is 0 Å². The fraction of sp³-hybridized carbons (Fsp3) is 0.292. The number of rotatable bonds is 8. The molecule has 0 radical (unpaired) electrons. The first-order valence-corrected chi connectivity index (χ1v) is 10.1. The Bertz CT molecular complexity index is 919. The summed E-state index contributed by atoms with van der Waals surface area (Å²) in [5.41, 5.74) is 3.01. The Morgan fingerprint density at radius 2 is 1.76 bits per heavy atom. The van der Waals surface area contributed by atoms with Crippen molar-refractivity contribution in [3.8, 4) is 5.75 Å². The number of para-hydroxylation sites is 2. The normalized spacial score (nSPS) is 10.8. The molecule has 0 bridgehead atoms. The zero-order valence-corrected chi connectivity index (χ0v) is 17.3. The van der Waals surface area contributed by atoms with E-state index in [1.165, 1.54) is 5.56 Å². The second-order valence-corrected chi connectivity index (χ2v) is 7.19. The van der Waals surface area contributed by atoms with E-state index in [1.807, 2.05) is 74.2 Å². The molecule has 1 N–H and O–H groups in total. The minimum Gasteiger partial charge on any atom is -0.492 e. The molecule has 0 spiro atoms. The Balaban J connectivity index is 1.74. The van der Waals surface area contributed by atoms with Crippen LogP contribution in [0.15, 0.2) is 72.9 Å². The van der Waals surface area contributed by atoms with Crippen LogP contribution in [0, 0.1) is 0 Å². The minimum absolute atomic E-state index is 0.0503. The number of nitrogens with zero attached hydrogens (tertiary/aromatic N) is 2. The van der Waals surface area contributed by atoms with Gasteiger partial charge in [-0.05, 0) is 50.6 Å². The molecule has 2 amide bonds. The Labute approximate surface area is 172 Å². The number of carbonyl (C=O) groups is 1. The number of anilines is 1. The quantitative estimate of drug-likeness (QED) is 0.560. The summed E-state index contributed by atoms with van der Waals surface area (Å²) in [6, 6.07) is 21.9. The van der Waals surface area contributed by atoms with Gasteiger partial charge in [0.1, 0.15) is 5.75 Å². The van der Waals surface area contributed by atoms with Crippen LogP contribution in [0.5, 0.6) is 5.75 Å². The molecule has 5 nitrogen and oxygen atoms in total. The predicted octanol–water partition coefficient (Wildman–Crippen LogP) is 5.38. The van der Waals surface area contributed by atoms with Gasteiger partial charge < -0.3 is 19.5 Å². The Hall–Kier alpha value is -3.21. The highest BCUT2D eigenvalue weighted by atomic mass is 16.5. The Morgan fingerprint density at radius 3 is 2.48 bits per heavy atom. The lowest BCUT2D eigenvalue weighted by atomic mass is 10.2. The van der Waals surface area contributed by atoms with Crippen LogP contribution in [0.3, 0.4) is 0 Å². The fourth-order valence-electron chi connectivity index (χ4n) is 3.23. The summed E-state index contributed by atoms with van der Waals surface area (Å²) in [4.78, 5) is 14.9. The fourth-order valence-corrected chi connectivity index (χ4v) is 3.23. The number of hydrogen-bond acceptors (Lipinski definition) is 2. The molecule has 0 aliphatic heterocycles. The van der Waals surface area contributed by atoms with Gasteiger partial charge in [0.25, 0.3) is 0 Å². The van der Waals surface area contributed by atoms with E-state index in [2.05, 4.69) is 34.3 Å². The Morgan fingerprint density at radius 1 is 1.03 bits per heavy atom. The van der Waals surface area contributed by atoms with Crippen molar-refractivity contribution >= 4 is 11.7 Å². The van der Waals surface area contributed by atoms with Gasteiger partial charge in [-0.3, -0.25) is 0 Å². The maximum absolute atomic E-state index is 13.1. The highest BCUT2D eigenvalue weighted by Crippen LogP contribution is 2.24. The lowest BCUT2D eigenvalue weighted by Crippen LogP contribution is -2.40. The number of carbonyl (C=O) groups excluding carboxylic acids is 1. The number of ether oxygens (including phenoxy) is 1. The molecule has 1 aromatic heterocycles. The van der Waals surface area contributed by atoms with Gasteiger partial charge in [0, 0.05) is 24.5 Å². The third-order valence-corrected chi connectivity index (χ3v) is 4.76. The molecule has 152 valence electrons. The maximum Gasteiger partial charge on any atom is 0.322 e. The van der Waals surface area contributed by atoms with Gasteiger partial charge in [-0.1, -0.05) is 42.5 Å². The van der Waals surface area contributed by atoms with Gasteiger partial charge in [0.05, 0.1) is 18.8 Å². The zero-order chi connectivity index (χ0) is 20.6. The second kappa shape index (κ2) is 9.82. The van der Waals surface area contributed by atoms with Crippen molar-refractivity contribution in [2.24, 2.45) is 0 Å². The molecule has 29 heavy (non-hydrogen) atoms. The lowest BCUT2D eigenvalue weighted by molar-refractivity contribution is 0.192. The van der Waals surface area contributed by atoms with E-state index in [4.69, 9.17) is 4.74 Å². The first-order chi connectivity index (χ1) is 14.1. The van der Waals surface area contributed by atoms with Crippen LogP contribution in [0.25, 0.3) is 0 Å². The third-order valence-electron chi connectivity index (χ3n) is 4.76. The van der Waals surface area contributed by atoms with Crippen molar-refractivity contribution in [1.82, 2.24) is 9.47 Å². The van der Waals surface area contributed by atoms with E-state index in [1.54, 1.807) is 0 Å². The van der Waals surface area contributed by atoms with E-state index in [0.29, 0.717) is 24.6 Å². The summed E-state index contributed by atoms with van der Waals surface area (Å²) < 4.78 is 7.82. The monoisotopic (exact) mass is 391 g/mol. The number of benzene rings is 2. The van der Waals surface area contributed by atoms with Crippen LogP contribution < -0.4 is 10.1 Å². The van der Waals surface area contributed by atoms with Gasteiger partial charge in [-0.25, -0.2) is 4.79 Å². The molecule has 0 saturated heterocycles. The molecule has 3 aromatic rings. The number of nitrogens with one attached hydrogen (secondary N) is 1. The molecule has 1 heterocycles. The molecule has 0 aliphatic carbocycles. The smallest absolute Gasteiger partial charge is 0.322 e. The third kappa shape index (κ3) is 5.41. The zero-order valence-electron chi connectivity index (χ0n) is 17.3. The lowest BCUT2D eigenvalue weighted by Gasteiger charge is -2.28. The molecule has 0 atom stereocenters. The van der Waals surface area contributed by atoms with Crippen molar-refractivity contribution in [3.05, 3.63) is 84.2 Å². The molecule has 0 aliphatic rings. The minimum atomic E-state index is -0.139. The summed E-state index contributed by atoms with van der Waals surface area (Å²) in [7, 11) is 0. The van der Waals surface area contributed by atoms with Crippen LogP contribution in [0.2, 0.25) is 0 Å². The first-order valence-electron chi connectivity index (χ1n) is 10.1. The van der Waals surface area contributed by atoms with Crippen molar-refractivity contribution in [3.63, 3.8) is 0 Å². The summed E-state index contributed by atoms with van der Waals surface area (Å²) in [6.45, 7) is 7.84. The Kier molecular flexibility index (Phi) is 6.95. The average molecular weight is 392 g/mol. The van der Waals surface area contributed by atoms with Crippen molar-refractivity contribution in [2.75, 3.05) is 11.9 Å². The molecule has 2 aromatic carbocycles. The SMILES string of the molecule is CCOc1ccccc1NC(=O)N(Cc1cccn1Cc1ccccc1)C(C)C. The average Bonchev–Trinajstić information content (AvgIpc) is 3.15. The van der Waals surface area contributed by atoms with E-state index in [-0.39, 0.29) is 12.1 Å². The van der Waals surface area contributed by atoms with E-state index >= 15 is 0 Å². The standard InChI is InChI=1S/C24H29N3O2/c1-4-29-23-15-9-8-14-22(23)25-24(28)27(19(2)3)18-21-13-10-16-26(21)17-20-11-6-5-7-12-20/h5-16,19H,4,17-18H2,1-3H3,(H,25,28). The van der Waals surface area contributed by atoms with E-state index < -0.39 is 0 Å². The van der Waals surface area contributed by atoms with Crippen LogP contribution in [-0.2, 0) is 13.1 Å². The molecule has 0 unspecified atom stereocenters. The molecular weight excluding hydrogens is 362 g/mol. The number of amides is 2. The highest BCUT2D eigenvalue weighted by molar-refractivity contribution is 5.91. The maximum atomic E-state index is 13.1. The first kappa shape index (κ1) is 20.5. The van der Waals surface area contributed by atoms with Gasteiger partial charge in [0.2, 0.25) is 0 Å². The number of aromatic nitrogens is 1. The molecule has 5 heteroatoms. The highest BCUT2D eigenvalue weighted by Gasteiger charge is 2.20. The largest absolute Gasteiger partial charge is 0.492 e. The predicted molar refractivity (Wildman–Crippen MR) is 117 cm³/mol. The molecule has 0 saturated carbocycles.